The number of esters is 1. The van der Waals surface area contributed by atoms with Gasteiger partial charge in [0, 0.05) is 6.42 Å². The lowest BCUT2D eigenvalue weighted by atomic mass is 10.1. The summed E-state index contributed by atoms with van der Waals surface area (Å²) in [6.07, 6.45) is 51.9. The molecule has 0 radical (unpaired) electrons. The smallest absolute Gasteiger partial charge is 0.326 e. The number of nitrogens with two attached hydrogens (primary N) is 1. The number of nitrogens with one attached hydrogen (secondary N) is 1. The molecule has 0 fully saturated rings. The zero-order valence-electron chi connectivity index (χ0n) is 32.6. The Balaban J connectivity index is 4.63. The lowest BCUT2D eigenvalue weighted by Crippen LogP contribution is -2.40. The lowest BCUT2D eigenvalue weighted by molar-refractivity contribution is -0.146. The van der Waals surface area contributed by atoms with Crippen LogP contribution < -0.4 is 11.1 Å². The van der Waals surface area contributed by atoms with Gasteiger partial charge in [0.1, 0.15) is 12.1 Å². The minimum atomic E-state index is -1.02. The SMILES string of the molecule is CC/C=C\C/C=C\C/C=C\C/C=C\C/C=C\CC(=O)OC(/C=C\C/C=C\C/C=C\CCCCC)CCCCCCCC(=O)NC(CCCN)C(=O)O. The Labute approximate surface area is 317 Å². The molecule has 0 saturated carbocycles. The average Bonchev–Trinajstić information content (AvgIpc) is 3.13. The molecule has 0 aromatic rings. The van der Waals surface area contributed by atoms with Crippen LogP contribution >= 0.6 is 0 Å². The first kappa shape index (κ1) is 48.3. The second-order valence-corrected chi connectivity index (χ2v) is 13.0. The van der Waals surface area contributed by atoms with Gasteiger partial charge in [-0.1, -0.05) is 137 Å². The van der Waals surface area contributed by atoms with Crippen LogP contribution in [-0.2, 0) is 19.1 Å². The molecule has 4 N–H and O–H groups in total. The van der Waals surface area contributed by atoms with Gasteiger partial charge in [-0.15, -0.1) is 0 Å². The molecule has 0 heterocycles. The van der Waals surface area contributed by atoms with Gasteiger partial charge in [0.25, 0.3) is 0 Å². The van der Waals surface area contributed by atoms with Crippen LogP contribution in [0.3, 0.4) is 0 Å². The monoisotopic (exact) mass is 721 g/mol. The molecule has 0 aliphatic carbocycles. The number of carbonyl (C=O) groups is 3. The van der Waals surface area contributed by atoms with Crippen LogP contribution in [0.4, 0.5) is 0 Å². The summed E-state index contributed by atoms with van der Waals surface area (Å²) in [6.45, 7) is 4.76. The standard InChI is InChI=1S/C45H72N2O5/c1-3-5-7-9-11-13-15-16-17-18-20-22-24-29-33-39-44(49)52-41(35-30-26-23-21-19-14-12-10-8-6-4-2)36-31-27-25-28-32-38-43(48)47-42(45(50)51)37-34-40-46/h5,7,11-14,16-17,20-23,29-30,33,35,41-42H,3-4,6,8-10,15,18-19,24-28,31-32,34,36-40,46H2,1-2H3,(H,47,48)(H,50,51)/b7-5-,13-11-,14-12-,17-16-,22-20-,23-21-,33-29-,35-30-. The minimum Gasteiger partial charge on any atom is -0.480 e. The maximum Gasteiger partial charge on any atom is 0.326 e. The van der Waals surface area contributed by atoms with Gasteiger partial charge in [-0.25, -0.2) is 4.79 Å². The van der Waals surface area contributed by atoms with E-state index in [9.17, 15) is 19.5 Å². The Hall–Kier alpha value is -3.71. The number of carboxylic acid groups (broad SMARTS) is 1. The van der Waals surface area contributed by atoms with Gasteiger partial charge in [-0.2, -0.15) is 0 Å². The molecule has 0 bridgehead atoms. The third kappa shape index (κ3) is 34.7. The van der Waals surface area contributed by atoms with Gasteiger partial charge in [-0.05, 0) is 103 Å². The van der Waals surface area contributed by atoms with Gasteiger partial charge in [0.05, 0.1) is 6.42 Å². The summed E-state index contributed by atoms with van der Waals surface area (Å²) in [5, 5.41) is 11.9. The van der Waals surface area contributed by atoms with E-state index in [4.69, 9.17) is 10.5 Å². The van der Waals surface area contributed by atoms with Crippen LogP contribution in [-0.4, -0.2) is 41.6 Å². The zero-order chi connectivity index (χ0) is 38.2. The van der Waals surface area contributed by atoms with E-state index in [1.165, 1.54) is 19.3 Å². The number of carbonyl (C=O) groups excluding carboxylic acids is 2. The predicted octanol–water partition coefficient (Wildman–Crippen LogP) is 11.1. The van der Waals surface area contributed by atoms with Crippen LogP contribution in [0.1, 0.15) is 149 Å². The number of aliphatic carboxylic acids is 1. The van der Waals surface area contributed by atoms with Crippen molar-refractivity contribution in [1.82, 2.24) is 5.32 Å². The molecule has 1 amide bonds. The molecule has 0 aliphatic rings. The molecule has 7 nitrogen and oxygen atoms in total. The first-order valence-corrected chi connectivity index (χ1v) is 20.1. The summed E-state index contributed by atoms with van der Waals surface area (Å²) in [5.74, 6) is -1.48. The van der Waals surface area contributed by atoms with Gasteiger partial charge in [0.2, 0.25) is 5.91 Å². The van der Waals surface area contributed by atoms with Crippen molar-refractivity contribution in [2.24, 2.45) is 5.73 Å². The summed E-state index contributed by atoms with van der Waals surface area (Å²) in [7, 11) is 0. The number of hydrogen-bond acceptors (Lipinski definition) is 5. The second kappa shape index (κ2) is 38.5. The number of amides is 1. The van der Waals surface area contributed by atoms with Crippen LogP contribution in [0.5, 0.6) is 0 Å². The Kier molecular flexibility index (Phi) is 35.8. The molecule has 0 saturated heterocycles. The van der Waals surface area contributed by atoms with Crippen LogP contribution in [0.2, 0.25) is 0 Å². The van der Waals surface area contributed by atoms with Crippen molar-refractivity contribution in [3.05, 3.63) is 97.2 Å². The fraction of sp³-hybridized carbons (Fsp3) is 0.578. The largest absolute Gasteiger partial charge is 0.480 e. The highest BCUT2D eigenvalue weighted by Crippen LogP contribution is 2.13. The van der Waals surface area contributed by atoms with Gasteiger partial charge < -0.3 is 20.9 Å². The lowest BCUT2D eigenvalue weighted by Gasteiger charge is -2.14. The number of hydrogen-bond donors (Lipinski definition) is 3. The molecular formula is C45H72N2O5. The van der Waals surface area contributed by atoms with E-state index in [0.29, 0.717) is 32.2 Å². The molecule has 2 atom stereocenters. The van der Waals surface area contributed by atoms with Gasteiger partial charge in [0.15, 0.2) is 0 Å². The summed E-state index contributed by atoms with van der Waals surface area (Å²) in [5.41, 5.74) is 5.47. The first-order valence-electron chi connectivity index (χ1n) is 20.1. The molecule has 0 aromatic carbocycles. The average molecular weight is 721 g/mol. The molecule has 52 heavy (non-hydrogen) atoms. The van der Waals surface area contributed by atoms with Crippen LogP contribution in [0, 0.1) is 0 Å². The van der Waals surface area contributed by atoms with Crippen molar-refractivity contribution in [2.75, 3.05) is 6.54 Å². The maximum atomic E-state index is 12.7. The third-order valence-corrected chi connectivity index (χ3v) is 8.15. The number of ether oxygens (including phenoxy) is 1. The highest BCUT2D eigenvalue weighted by atomic mass is 16.5. The van der Waals surface area contributed by atoms with Crippen LogP contribution in [0.25, 0.3) is 0 Å². The fourth-order valence-electron chi connectivity index (χ4n) is 5.16. The summed E-state index contributed by atoms with van der Waals surface area (Å²) in [6, 6.07) is -0.877. The van der Waals surface area contributed by atoms with Crippen molar-refractivity contribution < 1.29 is 24.2 Å². The van der Waals surface area contributed by atoms with Crippen molar-refractivity contribution in [2.45, 2.75) is 161 Å². The number of allylic oxidation sites excluding steroid dienone is 14. The molecule has 0 aliphatic heterocycles. The molecule has 0 aromatic heterocycles. The van der Waals surface area contributed by atoms with Crippen molar-refractivity contribution >= 4 is 17.8 Å². The minimum absolute atomic E-state index is 0.225. The Morgan fingerprint density at radius 2 is 1.15 bits per heavy atom. The second-order valence-electron chi connectivity index (χ2n) is 13.0. The molecular weight excluding hydrogens is 649 g/mol. The predicted molar refractivity (Wildman–Crippen MR) is 220 cm³/mol. The zero-order valence-corrected chi connectivity index (χ0v) is 32.6. The van der Waals surface area contributed by atoms with E-state index in [1.54, 1.807) is 0 Å². The van der Waals surface area contributed by atoms with E-state index >= 15 is 0 Å². The van der Waals surface area contributed by atoms with Gasteiger partial charge in [-0.3, -0.25) is 9.59 Å². The Morgan fingerprint density at radius 1 is 0.615 bits per heavy atom. The molecule has 292 valence electrons. The molecule has 7 heteroatoms. The van der Waals surface area contributed by atoms with Crippen molar-refractivity contribution in [3.63, 3.8) is 0 Å². The number of rotatable bonds is 34. The summed E-state index contributed by atoms with van der Waals surface area (Å²) >= 11 is 0. The normalized spacial score (nSPS) is 13.8. The molecule has 0 spiro atoms. The van der Waals surface area contributed by atoms with Gasteiger partial charge >= 0.3 is 11.9 Å². The fourth-order valence-corrected chi connectivity index (χ4v) is 5.16. The maximum absolute atomic E-state index is 12.7. The van der Waals surface area contributed by atoms with E-state index < -0.39 is 12.0 Å². The quantitative estimate of drug-likeness (QED) is 0.0346. The van der Waals surface area contributed by atoms with E-state index in [2.05, 4.69) is 98.2 Å². The molecule has 2 unspecified atom stereocenters. The van der Waals surface area contributed by atoms with E-state index in [0.717, 1.165) is 83.5 Å². The van der Waals surface area contributed by atoms with E-state index in [1.807, 2.05) is 18.2 Å². The van der Waals surface area contributed by atoms with Crippen molar-refractivity contribution in [3.8, 4) is 0 Å². The highest BCUT2D eigenvalue weighted by Gasteiger charge is 2.18. The summed E-state index contributed by atoms with van der Waals surface area (Å²) < 4.78 is 5.85. The van der Waals surface area contributed by atoms with E-state index in [-0.39, 0.29) is 24.4 Å². The highest BCUT2D eigenvalue weighted by molar-refractivity contribution is 5.83. The number of carboxylic acids is 1. The third-order valence-electron chi connectivity index (χ3n) is 8.15. The number of unbranched alkanes of at least 4 members (excludes halogenated alkanes) is 7. The summed E-state index contributed by atoms with van der Waals surface area (Å²) in [4.78, 5) is 36.2. The van der Waals surface area contributed by atoms with Crippen molar-refractivity contribution in [1.29, 1.82) is 0 Å². The topological polar surface area (TPSA) is 119 Å². The first-order chi connectivity index (χ1) is 25.4. The Bertz CT molecular complexity index is 1130. The Morgan fingerprint density at radius 3 is 1.73 bits per heavy atom. The van der Waals surface area contributed by atoms with Crippen LogP contribution in [0.15, 0.2) is 97.2 Å². The molecule has 0 rings (SSSR count).